The van der Waals surface area contributed by atoms with E-state index in [-0.39, 0.29) is 0 Å². The van der Waals surface area contributed by atoms with E-state index in [1.807, 2.05) is 0 Å². The van der Waals surface area contributed by atoms with Crippen LogP contribution in [0.15, 0.2) is 48.5 Å². The highest BCUT2D eigenvalue weighted by atomic mass is 14.9. The van der Waals surface area contributed by atoms with Gasteiger partial charge >= 0.3 is 0 Å². The van der Waals surface area contributed by atoms with E-state index in [1.54, 1.807) is 0 Å². The van der Waals surface area contributed by atoms with Crippen molar-refractivity contribution in [1.82, 2.24) is 0 Å². The largest absolute Gasteiger partial charge is 0.382 e. The second kappa shape index (κ2) is 6.34. The van der Waals surface area contributed by atoms with Gasteiger partial charge in [-0.2, -0.15) is 0 Å². The lowest BCUT2D eigenvalue weighted by Crippen LogP contribution is -2.27. The van der Waals surface area contributed by atoms with Crippen LogP contribution in [0.25, 0.3) is 0 Å². The minimum Gasteiger partial charge on any atom is -0.382 e. The van der Waals surface area contributed by atoms with Crippen molar-refractivity contribution in [1.29, 1.82) is 0 Å². The quantitative estimate of drug-likeness (QED) is 0.843. The first-order valence-corrected chi connectivity index (χ1v) is 8.13. The zero-order chi connectivity index (χ0) is 14.7. The molecule has 0 fully saturated rings. The fraction of sp³-hybridized carbons (Fsp3) is 0.400. The lowest BCUT2D eigenvalue weighted by Gasteiger charge is -2.27. The monoisotopic (exact) mass is 279 g/mol. The molecule has 21 heavy (non-hydrogen) atoms. The minimum absolute atomic E-state index is 0.564. The molecule has 0 bridgehead atoms. The molecule has 110 valence electrons. The lowest BCUT2D eigenvalue weighted by molar-refractivity contribution is 0.624. The van der Waals surface area contributed by atoms with Gasteiger partial charge in [-0.3, -0.25) is 0 Å². The molecule has 1 atom stereocenters. The Hall–Kier alpha value is -1.76. The average molecular weight is 279 g/mol. The molecule has 0 amide bonds. The molecular formula is C20H25N. The summed E-state index contributed by atoms with van der Waals surface area (Å²) in [6.07, 6.45) is 4.72. The van der Waals surface area contributed by atoms with E-state index in [0.717, 1.165) is 12.3 Å². The summed E-state index contributed by atoms with van der Waals surface area (Å²) in [7, 11) is 0. The van der Waals surface area contributed by atoms with Gasteiger partial charge in [0.15, 0.2) is 0 Å². The van der Waals surface area contributed by atoms with Crippen LogP contribution in [-0.2, 0) is 19.3 Å². The highest BCUT2D eigenvalue weighted by Crippen LogP contribution is 2.26. The van der Waals surface area contributed by atoms with E-state index in [1.165, 1.54) is 41.6 Å². The van der Waals surface area contributed by atoms with E-state index in [4.69, 9.17) is 0 Å². The van der Waals surface area contributed by atoms with Crippen LogP contribution >= 0.6 is 0 Å². The third-order valence-electron chi connectivity index (χ3n) is 4.26. The molecule has 0 radical (unpaired) electrons. The summed E-state index contributed by atoms with van der Waals surface area (Å²) in [5, 5.41) is 3.71. The standard InChI is InChI=1S/C20H25N/c1-15(2)12-16-6-5-7-17(13-16)14-19-11-10-18-8-3-4-9-20(18)21-19/h3-9,13,15,19,21H,10-12,14H2,1-2H3. The van der Waals surface area contributed by atoms with Crippen molar-refractivity contribution >= 4 is 5.69 Å². The Morgan fingerprint density at radius 2 is 1.86 bits per heavy atom. The zero-order valence-corrected chi connectivity index (χ0v) is 13.1. The Morgan fingerprint density at radius 3 is 2.71 bits per heavy atom. The van der Waals surface area contributed by atoms with Gasteiger partial charge in [0, 0.05) is 11.7 Å². The number of fused-ring (bicyclic) bond motifs is 1. The predicted octanol–water partition coefficient (Wildman–Crippen LogP) is 4.85. The van der Waals surface area contributed by atoms with Crippen LogP contribution in [0.2, 0.25) is 0 Å². The Kier molecular flexibility index (Phi) is 4.28. The summed E-state index contributed by atoms with van der Waals surface area (Å²) in [5.74, 6) is 0.722. The molecule has 1 heterocycles. The molecular weight excluding hydrogens is 254 g/mol. The van der Waals surface area contributed by atoms with Gasteiger partial charge in [-0.25, -0.2) is 0 Å². The number of rotatable bonds is 4. The van der Waals surface area contributed by atoms with E-state index in [2.05, 4.69) is 67.7 Å². The normalized spacial score (nSPS) is 17.4. The van der Waals surface area contributed by atoms with Crippen molar-refractivity contribution in [3.05, 3.63) is 65.2 Å². The number of nitrogens with one attached hydrogen (secondary N) is 1. The Bertz CT molecular complexity index is 600. The smallest absolute Gasteiger partial charge is 0.0374 e. The van der Waals surface area contributed by atoms with Crippen LogP contribution in [0.5, 0.6) is 0 Å². The van der Waals surface area contributed by atoms with Gasteiger partial charge < -0.3 is 5.32 Å². The third kappa shape index (κ3) is 3.66. The topological polar surface area (TPSA) is 12.0 Å². The Labute approximate surface area is 128 Å². The number of hydrogen-bond acceptors (Lipinski definition) is 1. The van der Waals surface area contributed by atoms with Crippen molar-refractivity contribution in [3.63, 3.8) is 0 Å². The summed E-state index contributed by atoms with van der Waals surface area (Å²) in [6, 6.07) is 18.4. The van der Waals surface area contributed by atoms with Gasteiger partial charge in [-0.1, -0.05) is 56.3 Å². The van der Waals surface area contributed by atoms with Gasteiger partial charge in [0.05, 0.1) is 0 Å². The van der Waals surface area contributed by atoms with Crippen molar-refractivity contribution in [2.45, 2.75) is 45.6 Å². The molecule has 1 aliphatic heterocycles. The fourth-order valence-corrected chi connectivity index (χ4v) is 3.29. The molecule has 1 N–H and O–H groups in total. The van der Waals surface area contributed by atoms with E-state index in [0.29, 0.717) is 6.04 Å². The summed E-state index contributed by atoms with van der Waals surface area (Å²) in [4.78, 5) is 0. The van der Waals surface area contributed by atoms with Gasteiger partial charge in [0.1, 0.15) is 0 Å². The number of aryl methyl sites for hydroxylation is 1. The molecule has 0 saturated heterocycles. The van der Waals surface area contributed by atoms with E-state index < -0.39 is 0 Å². The first kappa shape index (κ1) is 14.2. The number of para-hydroxylation sites is 1. The molecule has 0 saturated carbocycles. The minimum atomic E-state index is 0.564. The lowest BCUT2D eigenvalue weighted by atomic mass is 9.92. The molecule has 2 aromatic carbocycles. The van der Waals surface area contributed by atoms with Gasteiger partial charge in [-0.15, -0.1) is 0 Å². The second-order valence-electron chi connectivity index (χ2n) is 6.66. The van der Waals surface area contributed by atoms with Crippen LogP contribution in [0, 0.1) is 5.92 Å². The van der Waals surface area contributed by atoms with Crippen LogP contribution in [-0.4, -0.2) is 6.04 Å². The fourth-order valence-electron chi connectivity index (χ4n) is 3.29. The Morgan fingerprint density at radius 1 is 1.05 bits per heavy atom. The predicted molar refractivity (Wildman–Crippen MR) is 90.9 cm³/mol. The average Bonchev–Trinajstić information content (AvgIpc) is 2.47. The maximum atomic E-state index is 3.71. The van der Waals surface area contributed by atoms with Crippen molar-refractivity contribution in [2.75, 3.05) is 5.32 Å². The van der Waals surface area contributed by atoms with Gasteiger partial charge in [0.25, 0.3) is 0 Å². The van der Waals surface area contributed by atoms with Gasteiger partial charge in [-0.05, 0) is 54.4 Å². The molecule has 0 aromatic heterocycles. The number of hydrogen-bond donors (Lipinski definition) is 1. The van der Waals surface area contributed by atoms with Gasteiger partial charge in [0.2, 0.25) is 0 Å². The van der Waals surface area contributed by atoms with Crippen LogP contribution in [0.3, 0.4) is 0 Å². The van der Waals surface area contributed by atoms with Crippen molar-refractivity contribution < 1.29 is 0 Å². The Balaban J connectivity index is 1.68. The molecule has 1 aliphatic rings. The summed E-state index contributed by atoms with van der Waals surface area (Å²) >= 11 is 0. The first-order valence-electron chi connectivity index (χ1n) is 8.13. The van der Waals surface area contributed by atoms with E-state index in [9.17, 15) is 0 Å². The summed E-state index contributed by atoms with van der Waals surface area (Å²) < 4.78 is 0. The molecule has 1 heteroatoms. The molecule has 1 unspecified atom stereocenters. The van der Waals surface area contributed by atoms with Crippen LogP contribution in [0.1, 0.15) is 37.0 Å². The maximum absolute atomic E-state index is 3.71. The second-order valence-corrected chi connectivity index (χ2v) is 6.66. The highest BCUT2D eigenvalue weighted by Gasteiger charge is 2.17. The first-order chi connectivity index (χ1) is 10.2. The van der Waals surface area contributed by atoms with Crippen molar-refractivity contribution in [2.24, 2.45) is 5.92 Å². The third-order valence-corrected chi connectivity index (χ3v) is 4.26. The molecule has 3 rings (SSSR count). The summed E-state index contributed by atoms with van der Waals surface area (Å²) in [6.45, 7) is 4.57. The summed E-state index contributed by atoms with van der Waals surface area (Å²) in [5.41, 5.74) is 5.72. The zero-order valence-electron chi connectivity index (χ0n) is 13.1. The highest BCUT2D eigenvalue weighted by molar-refractivity contribution is 5.54. The SMILES string of the molecule is CC(C)Cc1cccc(CC2CCc3ccccc3N2)c1. The number of anilines is 1. The molecule has 1 nitrogen and oxygen atoms in total. The molecule has 0 aliphatic carbocycles. The van der Waals surface area contributed by atoms with E-state index >= 15 is 0 Å². The molecule has 0 spiro atoms. The maximum Gasteiger partial charge on any atom is 0.0374 e. The van der Waals surface area contributed by atoms with Crippen LogP contribution in [0.4, 0.5) is 5.69 Å². The number of benzene rings is 2. The van der Waals surface area contributed by atoms with Crippen LogP contribution < -0.4 is 5.32 Å². The molecule has 2 aromatic rings. The van der Waals surface area contributed by atoms with Crippen molar-refractivity contribution in [3.8, 4) is 0 Å².